The summed E-state index contributed by atoms with van der Waals surface area (Å²) >= 11 is 0. The first-order valence-corrected chi connectivity index (χ1v) is 7.22. The van der Waals surface area contributed by atoms with Gasteiger partial charge >= 0.3 is 7.12 Å². The molecule has 0 spiro atoms. The summed E-state index contributed by atoms with van der Waals surface area (Å²) in [6.07, 6.45) is 1.18. The quantitative estimate of drug-likeness (QED) is 0.748. The smallest absolute Gasteiger partial charge is 0.403 e. The molecule has 1 aromatic carbocycles. The van der Waals surface area contributed by atoms with E-state index in [-0.39, 0.29) is 18.3 Å². The Bertz CT molecular complexity index is 462. The van der Waals surface area contributed by atoms with Gasteiger partial charge in [-0.15, -0.1) is 0 Å². The largest absolute Gasteiger partial charge is 0.461 e. The minimum atomic E-state index is -0.210. The van der Waals surface area contributed by atoms with Crippen molar-refractivity contribution in [1.82, 2.24) is 0 Å². The Morgan fingerprint density at radius 1 is 1.00 bits per heavy atom. The lowest BCUT2D eigenvalue weighted by atomic mass is 9.79. The van der Waals surface area contributed by atoms with Crippen molar-refractivity contribution in [2.45, 2.75) is 64.0 Å². The summed E-state index contributed by atoms with van der Waals surface area (Å²) in [7, 11) is -0.0451. The second-order valence-corrected chi connectivity index (χ2v) is 7.04. The highest BCUT2D eigenvalue weighted by Gasteiger charge is 2.59. The Labute approximate surface area is 116 Å². The molecule has 3 rings (SSSR count). The summed E-state index contributed by atoms with van der Waals surface area (Å²) in [5.74, 6) is 1.12. The van der Waals surface area contributed by atoms with Gasteiger partial charge in [0.05, 0.1) is 11.2 Å². The van der Waals surface area contributed by atoms with Crippen molar-refractivity contribution in [3.8, 4) is 0 Å². The minimum Gasteiger partial charge on any atom is -0.403 e. The third-order valence-electron chi connectivity index (χ3n) is 4.97. The fourth-order valence-electron chi connectivity index (χ4n) is 2.78. The zero-order valence-corrected chi connectivity index (χ0v) is 12.6. The zero-order chi connectivity index (χ0) is 13.8. The van der Waals surface area contributed by atoms with E-state index in [4.69, 9.17) is 9.31 Å². The summed E-state index contributed by atoms with van der Waals surface area (Å²) < 4.78 is 12.3. The highest BCUT2D eigenvalue weighted by atomic mass is 16.7. The van der Waals surface area contributed by atoms with Crippen LogP contribution in [0.2, 0.25) is 5.82 Å². The van der Waals surface area contributed by atoms with Gasteiger partial charge in [-0.05, 0) is 52.5 Å². The van der Waals surface area contributed by atoms with Crippen LogP contribution in [0.15, 0.2) is 24.3 Å². The van der Waals surface area contributed by atoms with Gasteiger partial charge in [-0.25, -0.2) is 0 Å². The van der Waals surface area contributed by atoms with E-state index in [0.29, 0.717) is 11.7 Å². The van der Waals surface area contributed by atoms with Crippen molar-refractivity contribution in [1.29, 1.82) is 0 Å². The maximum atomic E-state index is 6.14. The molecule has 0 amide bonds. The predicted octanol–water partition coefficient (Wildman–Crippen LogP) is 3.94. The lowest BCUT2D eigenvalue weighted by molar-refractivity contribution is 0.00578. The highest BCUT2D eigenvalue weighted by Crippen LogP contribution is 2.58. The summed E-state index contributed by atoms with van der Waals surface area (Å²) in [6.45, 7) is 10.6. The molecular weight excluding hydrogens is 235 g/mol. The Balaban J connectivity index is 1.70. The summed E-state index contributed by atoms with van der Waals surface area (Å²) in [5.41, 5.74) is 2.32. The van der Waals surface area contributed by atoms with Crippen molar-refractivity contribution in [3.05, 3.63) is 35.4 Å². The molecule has 1 aliphatic carbocycles. The molecule has 0 aromatic heterocycles. The van der Waals surface area contributed by atoms with E-state index in [1.54, 1.807) is 0 Å². The van der Waals surface area contributed by atoms with Crippen LogP contribution in [0, 0.1) is 6.92 Å². The lowest BCUT2D eigenvalue weighted by Crippen LogP contribution is -2.41. The molecule has 1 aromatic rings. The molecule has 102 valence electrons. The second-order valence-electron chi connectivity index (χ2n) is 7.04. The first-order chi connectivity index (χ1) is 8.80. The monoisotopic (exact) mass is 258 g/mol. The summed E-state index contributed by atoms with van der Waals surface area (Å²) in [4.78, 5) is 0. The molecule has 2 nitrogen and oxygen atoms in total. The van der Waals surface area contributed by atoms with Gasteiger partial charge < -0.3 is 9.31 Å². The number of aryl methyl sites for hydroxylation is 1. The molecule has 0 N–H and O–H groups in total. The molecule has 2 fully saturated rings. The van der Waals surface area contributed by atoms with Crippen molar-refractivity contribution in [2.75, 3.05) is 0 Å². The maximum Gasteiger partial charge on any atom is 0.461 e. The van der Waals surface area contributed by atoms with Crippen molar-refractivity contribution in [2.24, 2.45) is 0 Å². The van der Waals surface area contributed by atoms with Crippen LogP contribution < -0.4 is 0 Å². The van der Waals surface area contributed by atoms with Crippen LogP contribution in [0.3, 0.4) is 0 Å². The van der Waals surface area contributed by atoms with E-state index in [1.165, 1.54) is 17.5 Å². The first kappa shape index (κ1) is 13.2. The minimum absolute atomic E-state index is 0.0451. The Hall–Kier alpha value is -0.795. The molecule has 0 bridgehead atoms. The van der Waals surface area contributed by atoms with Gasteiger partial charge in [0.2, 0.25) is 0 Å². The maximum absolute atomic E-state index is 6.14. The fourth-order valence-corrected chi connectivity index (χ4v) is 2.78. The summed E-state index contributed by atoms with van der Waals surface area (Å²) in [6, 6.07) is 8.86. The van der Waals surface area contributed by atoms with Gasteiger partial charge in [0.15, 0.2) is 0 Å². The second kappa shape index (κ2) is 4.10. The van der Waals surface area contributed by atoms with Crippen LogP contribution in [0.1, 0.15) is 51.2 Å². The number of benzene rings is 1. The van der Waals surface area contributed by atoms with Crippen LogP contribution in [-0.2, 0) is 9.31 Å². The van der Waals surface area contributed by atoms with E-state index < -0.39 is 0 Å². The zero-order valence-electron chi connectivity index (χ0n) is 12.6. The summed E-state index contributed by atoms with van der Waals surface area (Å²) in [5, 5.41) is 0. The van der Waals surface area contributed by atoms with E-state index in [9.17, 15) is 0 Å². The molecule has 0 radical (unpaired) electrons. The van der Waals surface area contributed by atoms with Crippen molar-refractivity contribution in [3.63, 3.8) is 0 Å². The standard InChI is InChI=1S/C16H23BO2/c1-11-6-8-12(9-7-11)13-10-14(13)17-18-15(2,3)16(4,5)19-17/h6-9,13-14H,10H2,1-5H3/t13-,14+/m0/s1. The van der Waals surface area contributed by atoms with E-state index >= 15 is 0 Å². The van der Waals surface area contributed by atoms with E-state index in [0.717, 1.165) is 0 Å². The van der Waals surface area contributed by atoms with E-state index in [1.807, 2.05) is 0 Å². The normalized spacial score (nSPS) is 31.5. The predicted molar refractivity (Wildman–Crippen MR) is 78.4 cm³/mol. The average Bonchev–Trinajstić information content (AvgIpc) is 3.04. The van der Waals surface area contributed by atoms with Crippen LogP contribution in [-0.4, -0.2) is 18.3 Å². The van der Waals surface area contributed by atoms with Crippen molar-refractivity contribution >= 4 is 7.12 Å². The third kappa shape index (κ3) is 2.23. The molecule has 3 heteroatoms. The SMILES string of the molecule is Cc1ccc([C@@H]2C[C@H]2B2OC(C)(C)C(C)(C)O2)cc1. The van der Waals surface area contributed by atoms with Gasteiger partial charge in [0.25, 0.3) is 0 Å². The molecular formula is C16H23BO2. The molecule has 19 heavy (non-hydrogen) atoms. The van der Waals surface area contributed by atoms with Gasteiger partial charge in [-0.1, -0.05) is 29.8 Å². The highest BCUT2D eigenvalue weighted by molar-refractivity contribution is 6.49. The molecule has 1 saturated heterocycles. The fraction of sp³-hybridized carbons (Fsp3) is 0.625. The molecule has 2 atom stereocenters. The van der Waals surface area contributed by atoms with Gasteiger partial charge in [0.1, 0.15) is 0 Å². The van der Waals surface area contributed by atoms with Gasteiger partial charge in [-0.3, -0.25) is 0 Å². The average molecular weight is 258 g/mol. The molecule has 1 saturated carbocycles. The molecule has 1 aliphatic heterocycles. The number of rotatable bonds is 2. The van der Waals surface area contributed by atoms with Crippen molar-refractivity contribution < 1.29 is 9.31 Å². The number of hydrogen-bond acceptors (Lipinski definition) is 2. The first-order valence-electron chi connectivity index (χ1n) is 7.22. The topological polar surface area (TPSA) is 18.5 Å². The van der Waals surface area contributed by atoms with Crippen LogP contribution in [0.25, 0.3) is 0 Å². The molecule has 1 heterocycles. The Morgan fingerprint density at radius 3 is 2.05 bits per heavy atom. The lowest BCUT2D eigenvalue weighted by Gasteiger charge is -2.32. The third-order valence-corrected chi connectivity index (χ3v) is 4.97. The van der Waals surface area contributed by atoms with E-state index in [2.05, 4.69) is 58.9 Å². The molecule has 2 aliphatic rings. The van der Waals surface area contributed by atoms with Crippen LogP contribution in [0.4, 0.5) is 0 Å². The Morgan fingerprint density at radius 2 is 1.53 bits per heavy atom. The Kier molecular flexibility index (Phi) is 2.85. The van der Waals surface area contributed by atoms with Gasteiger partial charge in [-0.2, -0.15) is 0 Å². The van der Waals surface area contributed by atoms with Gasteiger partial charge in [0, 0.05) is 5.82 Å². The van der Waals surface area contributed by atoms with Crippen LogP contribution >= 0.6 is 0 Å². The van der Waals surface area contributed by atoms with Crippen LogP contribution in [0.5, 0.6) is 0 Å². The number of hydrogen-bond donors (Lipinski definition) is 0. The molecule has 0 unspecified atom stereocenters.